The first-order chi connectivity index (χ1) is 47.4. The molecule has 0 N–H and O–H groups in total. The Labute approximate surface area is 616 Å². The predicted octanol–water partition coefficient (Wildman–Crippen LogP) is 31.0. The smallest absolute Gasteiger partial charge is 0.0629 e. The second kappa shape index (κ2) is 41.2. The molecule has 0 fully saturated rings. The third-order valence-electron chi connectivity index (χ3n) is 16.8. The van der Waals surface area contributed by atoms with E-state index in [1.807, 2.05) is 95.2 Å². The minimum Gasteiger partial charge on any atom is -0.0654 e. The van der Waals surface area contributed by atoms with Crippen LogP contribution >= 0.6 is 0 Å². The lowest BCUT2D eigenvalue weighted by molar-refractivity contribution is 0.275. The Hall–Kier alpha value is -4.68. The quantitative estimate of drug-likeness (QED) is 0.135. The van der Waals surface area contributed by atoms with Gasteiger partial charge in [0, 0.05) is 8.22 Å². The molecule has 544 valence electrons. The van der Waals surface area contributed by atoms with Crippen molar-refractivity contribution in [2.24, 2.45) is 22.7 Å². The summed E-state index contributed by atoms with van der Waals surface area (Å²) in [6, 6.07) is 35.7. The number of hydrogen-bond donors (Lipinski definition) is 0. The Morgan fingerprint density at radius 1 is 0.375 bits per heavy atom. The van der Waals surface area contributed by atoms with Gasteiger partial charge in [0.15, 0.2) is 0 Å². The Bertz CT molecular complexity index is 3420. The molecule has 0 heteroatoms. The highest BCUT2D eigenvalue weighted by atomic mass is 14.3. The fourth-order valence-electron chi connectivity index (χ4n) is 12.8. The van der Waals surface area contributed by atoms with Crippen LogP contribution in [0.5, 0.6) is 0 Å². The molecule has 2 unspecified atom stereocenters. The van der Waals surface area contributed by atoms with Crippen molar-refractivity contribution >= 4 is 0 Å². The first-order valence-electron chi connectivity index (χ1n) is 41.9. The fourth-order valence-corrected chi connectivity index (χ4v) is 12.8. The second-order valence-electron chi connectivity index (χ2n) is 37.0. The van der Waals surface area contributed by atoms with Crippen molar-refractivity contribution in [1.82, 2.24) is 0 Å². The molecule has 0 amide bonds. The molecule has 0 saturated heterocycles. The van der Waals surface area contributed by atoms with Crippen LogP contribution < -0.4 is 0 Å². The van der Waals surface area contributed by atoms with Crippen LogP contribution in [0.2, 0.25) is 0 Å². The van der Waals surface area contributed by atoms with E-state index in [1.54, 1.807) is 13.0 Å². The van der Waals surface area contributed by atoms with Gasteiger partial charge in [-0.15, -0.1) is 0 Å². The monoisotopic (exact) mass is 1320 g/mol. The lowest BCUT2D eigenvalue weighted by atomic mass is 9.71. The summed E-state index contributed by atoms with van der Waals surface area (Å²) >= 11 is 0. The Morgan fingerprint density at radius 3 is 1.01 bits per heavy atom. The van der Waals surface area contributed by atoms with Crippen molar-refractivity contribution in [3.05, 3.63) is 211 Å². The van der Waals surface area contributed by atoms with E-state index in [2.05, 4.69) is 265 Å². The zero-order chi connectivity index (χ0) is 84.1. The van der Waals surface area contributed by atoms with Gasteiger partial charge >= 0.3 is 0 Å². The molecule has 0 heterocycles. The van der Waals surface area contributed by atoms with Crippen molar-refractivity contribution in [2.45, 2.75) is 372 Å². The molecule has 6 aromatic rings. The minimum atomic E-state index is -2.02. The van der Waals surface area contributed by atoms with Crippen LogP contribution in [0.25, 0.3) is 0 Å². The maximum Gasteiger partial charge on any atom is 0.0629 e. The molecular formula is C96H160. The van der Waals surface area contributed by atoms with Crippen LogP contribution in [0.15, 0.2) is 127 Å². The Morgan fingerprint density at radius 2 is 0.719 bits per heavy atom. The Balaban J connectivity index is 0. The molecule has 0 aliphatic heterocycles. The molecule has 0 nitrogen and oxygen atoms in total. The van der Waals surface area contributed by atoms with Gasteiger partial charge in [0.25, 0.3) is 0 Å². The average Bonchev–Trinajstić information content (AvgIpc) is 0.775. The minimum absolute atomic E-state index is 0.00185. The first-order valence-corrected chi connectivity index (χ1v) is 36.9. The second-order valence-corrected chi connectivity index (χ2v) is 37.0. The normalized spacial score (nSPS) is 14.6. The summed E-state index contributed by atoms with van der Waals surface area (Å²) < 4.78 is 78.1. The average molecular weight is 1320 g/mol. The first kappa shape index (κ1) is 75.5. The zero-order valence-electron chi connectivity index (χ0n) is 80.4. The summed E-state index contributed by atoms with van der Waals surface area (Å²) in [5, 5.41) is 0. The molecule has 0 aromatic heterocycles. The highest BCUT2D eigenvalue weighted by Gasteiger charge is 2.28. The van der Waals surface area contributed by atoms with Crippen LogP contribution in [0.3, 0.4) is 0 Å². The van der Waals surface area contributed by atoms with Crippen LogP contribution in [0.1, 0.15) is 383 Å². The summed E-state index contributed by atoms with van der Waals surface area (Å²) in [4.78, 5) is 0. The lowest BCUT2D eigenvalue weighted by Gasteiger charge is -2.33. The van der Waals surface area contributed by atoms with Gasteiger partial charge < -0.3 is 0 Å². The molecule has 0 aliphatic carbocycles. The molecule has 0 bridgehead atoms. The SMILES string of the molecule is CCCC(CC)CC(C)(C)C.Cc1cccc(C)c1C(C)(C)C.Cc1ccccc1C(C)(C)C.Cc1ccccc1C(C)(C)C.[2H]C(C)(C)c1cccc(C(C)(C)C)c1C(C)(C)C.[2H]C([2H])(C(CC)CCC)C(C)(C)C.[2H]C([2H])([2H])c1cccc(C)c1C(C)(C)C.[2H]c1c([2H])c(C)c([2H])c(C(C)(C)C)c1[2H]. The summed E-state index contributed by atoms with van der Waals surface area (Å²) in [5.74, 6) is 0.613. The van der Waals surface area contributed by atoms with Gasteiger partial charge in [-0.3, -0.25) is 0 Å². The number of hydrogen-bond acceptors (Lipinski definition) is 0. The molecule has 2 atom stereocenters. The van der Waals surface area contributed by atoms with E-state index in [0.717, 1.165) is 41.9 Å². The van der Waals surface area contributed by atoms with Crippen molar-refractivity contribution in [3.63, 3.8) is 0 Å². The van der Waals surface area contributed by atoms with E-state index in [9.17, 15) is 0 Å². The topological polar surface area (TPSA) is 0 Å². The van der Waals surface area contributed by atoms with E-state index in [0.29, 0.717) is 22.1 Å². The van der Waals surface area contributed by atoms with Crippen LogP contribution in [-0.2, 0) is 37.9 Å². The molecule has 96 heavy (non-hydrogen) atoms. The van der Waals surface area contributed by atoms with E-state index < -0.39 is 19.1 Å². The number of rotatable bonds is 9. The third-order valence-corrected chi connectivity index (χ3v) is 16.8. The summed E-state index contributed by atoms with van der Waals surface area (Å²) in [7, 11) is 0. The summed E-state index contributed by atoms with van der Waals surface area (Å²) in [6.07, 6.45) is 7.47. The zero-order valence-corrected chi connectivity index (χ0v) is 70.4. The van der Waals surface area contributed by atoms with E-state index in [-0.39, 0.29) is 73.4 Å². The summed E-state index contributed by atoms with van der Waals surface area (Å²) in [5.41, 5.74) is 18.2. The highest BCUT2D eigenvalue weighted by molar-refractivity contribution is 5.45. The fraction of sp³-hybridized carbons (Fsp3) is 0.625. The van der Waals surface area contributed by atoms with Gasteiger partial charge in [0.2, 0.25) is 0 Å². The van der Waals surface area contributed by atoms with E-state index in [1.165, 1.54) is 75.8 Å². The van der Waals surface area contributed by atoms with E-state index in [4.69, 9.17) is 13.7 Å². The molecule has 0 radical (unpaired) electrons. The third kappa shape index (κ3) is 38.0. The van der Waals surface area contributed by atoms with Gasteiger partial charge in [-0.1, -0.05) is 400 Å². The van der Waals surface area contributed by atoms with Crippen molar-refractivity contribution in [3.8, 4) is 0 Å². The molecule has 0 aliphatic rings. The van der Waals surface area contributed by atoms with Crippen LogP contribution in [0, 0.1) is 71.1 Å². The van der Waals surface area contributed by atoms with Crippen LogP contribution in [-0.4, -0.2) is 0 Å². The maximum atomic E-state index is 8.39. The van der Waals surface area contributed by atoms with Gasteiger partial charge in [-0.05, 0) is 206 Å². The highest BCUT2D eigenvalue weighted by Crippen LogP contribution is 2.39. The number of aryl methyl sites for hydroxylation is 6. The molecule has 0 saturated carbocycles. The number of benzene rings is 6. The lowest BCUT2D eigenvalue weighted by Crippen LogP contribution is -2.24. The molecule has 6 aromatic carbocycles. The van der Waals surface area contributed by atoms with Crippen molar-refractivity contribution in [1.29, 1.82) is 0 Å². The van der Waals surface area contributed by atoms with Gasteiger partial charge in [0.1, 0.15) is 0 Å². The molecular weight excluding hydrogens is 1150 g/mol. The van der Waals surface area contributed by atoms with Gasteiger partial charge in [-0.2, -0.15) is 0 Å². The van der Waals surface area contributed by atoms with Gasteiger partial charge in [-0.25, -0.2) is 0 Å². The predicted molar refractivity (Wildman–Crippen MR) is 442 cm³/mol. The molecule has 0 spiro atoms. The summed E-state index contributed by atoms with van der Waals surface area (Å²) in [6.45, 7) is 81.7. The largest absolute Gasteiger partial charge is 0.0654 e. The van der Waals surface area contributed by atoms with Crippen molar-refractivity contribution in [2.75, 3.05) is 0 Å². The van der Waals surface area contributed by atoms with Crippen LogP contribution in [0.4, 0.5) is 0 Å². The Kier molecular flexibility index (Phi) is 32.4. The van der Waals surface area contributed by atoms with Crippen molar-refractivity contribution < 1.29 is 13.7 Å². The molecule has 6 rings (SSSR count). The van der Waals surface area contributed by atoms with E-state index >= 15 is 0 Å². The van der Waals surface area contributed by atoms with Gasteiger partial charge in [0.05, 0.1) is 5.48 Å². The standard InChI is InChI=1S/C17H28.2C12H18.3C11H16.2C11H24/c1-12(2)13-10-9-11-14(16(3,4)5)15(13)17(6,7)8;2*1-9-7-6-8-10(2)11(9)12(3,4)5;1-9-6-5-7-10(8-9)11(2,3)4;2*1-9-7-5-6-8-10(9)11(2,3)4;2*1-6-8-10(7-2)9-11(3,4)5/h9-12H,1-8H3;2*6-8H,1-5H3;3*5-8H,1-4H3;2*10H,6-9H2,1-5H3/i12D;1D3;;5D,6D,7D,8D;;;9D2;. The maximum absolute atomic E-state index is 8.39.